The first-order chi connectivity index (χ1) is 11.6. The van der Waals surface area contributed by atoms with Crippen LogP contribution < -0.4 is 5.32 Å². The Hall–Kier alpha value is -1.53. The number of carbonyl (C=O) groups excluding carboxylic acids is 1. The summed E-state index contributed by atoms with van der Waals surface area (Å²) in [4.78, 5) is 16.8. The number of rotatable bonds is 8. The van der Waals surface area contributed by atoms with Crippen LogP contribution in [0.25, 0.3) is 0 Å². The Kier molecular flexibility index (Phi) is 7.59. The standard InChI is InChI=1S/C18H27F2N3O/c1-2-22-10-12-23(13-11-22)9-5-3-4-8-21-18(24)15-6-7-16(19)17(20)14-15/h6-7,14H,2-5,8-13H2,1H3,(H,21,24). The molecule has 0 unspecified atom stereocenters. The fourth-order valence-corrected chi connectivity index (χ4v) is 2.91. The van der Waals surface area contributed by atoms with E-state index in [9.17, 15) is 13.6 Å². The SMILES string of the molecule is CCN1CCN(CCCCCNC(=O)c2ccc(F)c(F)c2)CC1. The molecule has 1 saturated heterocycles. The van der Waals surface area contributed by atoms with Gasteiger partial charge in [-0.3, -0.25) is 4.79 Å². The average Bonchev–Trinajstić information content (AvgIpc) is 2.60. The van der Waals surface area contributed by atoms with Gasteiger partial charge in [-0.2, -0.15) is 0 Å². The van der Waals surface area contributed by atoms with Gasteiger partial charge in [0.05, 0.1) is 0 Å². The third-order valence-corrected chi connectivity index (χ3v) is 4.53. The molecule has 4 nitrogen and oxygen atoms in total. The summed E-state index contributed by atoms with van der Waals surface area (Å²) in [5, 5.41) is 2.75. The quantitative estimate of drug-likeness (QED) is 0.739. The van der Waals surface area contributed by atoms with E-state index in [0.717, 1.165) is 70.7 Å². The fourth-order valence-electron chi connectivity index (χ4n) is 2.91. The van der Waals surface area contributed by atoms with Crippen LogP contribution in [-0.4, -0.2) is 61.5 Å². The Balaban J connectivity index is 1.55. The molecule has 0 aromatic heterocycles. The van der Waals surface area contributed by atoms with Crippen molar-refractivity contribution >= 4 is 5.91 Å². The number of hydrogen-bond acceptors (Lipinski definition) is 3. The minimum Gasteiger partial charge on any atom is -0.352 e. The van der Waals surface area contributed by atoms with Crippen molar-refractivity contribution in [2.45, 2.75) is 26.2 Å². The average molecular weight is 339 g/mol. The molecule has 1 aromatic rings. The van der Waals surface area contributed by atoms with Crippen LogP contribution in [0.4, 0.5) is 8.78 Å². The molecule has 0 bridgehead atoms. The van der Waals surface area contributed by atoms with Gasteiger partial charge in [0, 0.05) is 38.3 Å². The number of nitrogens with one attached hydrogen (secondary N) is 1. The zero-order valence-electron chi connectivity index (χ0n) is 14.4. The topological polar surface area (TPSA) is 35.6 Å². The Morgan fingerprint density at radius 1 is 1.04 bits per heavy atom. The van der Waals surface area contributed by atoms with E-state index in [1.165, 1.54) is 6.07 Å². The van der Waals surface area contributed by atoms with Gasteiger partial charge in [0.25, 0.3) is 5.91 Å². The van der Waals surface area contributed by atoms with Gasteiger partial charge >= 0.3 is 0 Å². The number of hydrogen-bond donors (Lipinski definition) is 1. The van der Waals surface area contributed by atoms with Crippen LogP contribution in [0.15, 0.2) is 18.2 Å². The lowest BCUT2D eigenvalue weighted by Gasteiger charge is -2.33. The highest BCUT2D eigenvalue weighted by Gasteiger charge is 2.14. The van der Waals surface area contributed by atoms with Crippen molar-refractivity contribution < 1.29 is 13.6 Å². The van der Waals surface area contributed by atoms with Crippen molar-refractivity contribution in [1.82, 2.24) is 15.1 Å². The third-order valence-electron chi connectivity index (χ3n) is 4.53. The van der Waals surface area contributed by atoms with Crippen LogP contribution in [0.3, 0.4) is 0 Å². The number of carbonyl (C=O) groups is 1. The largest absolute Gasteiger partial charge is 0.352 e. The summed E-state index contributed by atoms with van der Waals surface area (Å²) < 4.78 is 25.9. The molecule has 0 radical (unpaired) electrons. The Labute approximate surface area is 142 Å². The van der Waals surface area contributed by atoms with E-state index in [-0.39, 0.29) is 11.5 Å². The molecule has 134 valence electrons. The van der Waals surface area contributed by atoms with E-state index < -0.39 is 11.6 Å². The number of halogens is 2. The Bertz CT molecular complexity index is 531. The normalized spacial score (nSPS) is 16.3. The first-order valence-corrected chi connectivity index (χ1v) is 8.78. The molecule has 1 aromatic carbocycles. The summed E-state index contributed by atoms with van der Waals surface area (Å²) in [5.41, 5.74) is 0.155. The molecule has 1 aliphatic rings. The molecular weight excluding hydrogens is 312 g/mol. The minimum atomic E-state index is -0.995. The van der Waals surface area contributed by atoms with Crippen molar-refractivity contribution in [3.8, 4) is 0 Å². The number of piperazine rings is 1. The summed E-state index contributed by atoms with van der Waals surface area (Å²) in [5.74, 6) is -2.29. The maximum Gasteiger partial charge on any atom is 0.251 e. The highest BCUT2D eigenvalue weighted by molar-refractivity contribution is 5.94. The minimum absolute atomic E-state index is 0.155. The van der Waals surface area contributed by atoms with E-state index in [4.69, 9.17) is 0 Å². The fraction of sp³-hybridized carbons (Fsp3) is 0.611. The van der Waals surface area contributed by atoms with Crippen molar-refractivity contribution in [1.29, 1.82) is 0 Å². The molecule has 1 aliphatic heterocycles. The monoisotopic (exact) mass is 339 g/mol. The van der Waals surface area contributed by atoms with Crippen LogP contribution in [0.5, 0.6) is 0 Å². The molecule has 24 heavy (non-hydrogen) atoms. The second kappa shape index (κ2) is 9.69. The zero-order valence-corrected chi connectivity index (χ0v) is 14.4. The summed E-state index contributed by atoms with van der Waals surface area (Å²) in [6.07, 6.45) is 3.06. The van der Waals surface area contributed by atoms with Gasteiger partial charge in [-0.05, 0) is 44.1 Å². The number of nitrogens with zero attached hydrogens (tertiary/aromatic N) is 2. The van der Waals surface area contributed by atoms with Crippen molar-refractivity contribution in [2.24, 2.45) is 0 Å². The number of likely N-dealkylation sites (N-methyl/N-ethyl adjacent to an activating group) is 1. The molecule has 1 heterocycles. The Morgan fingerprint density at radius 3 is 2.42 bits per heavy atom. The lowest BCUT2D eigenvalue weighted by atomic mass is 10.2. The zero-order chi connectivity index (χ0) is 17.4. The molecule has 0 aliphatic carbocycles. The van der Waals surface area contributed by atoms with Gasteiger partial charge in [0.1, 0.15) is 0 Å². The molecule has 1 fully saturated rings. The lowest BCUT2D eigenvalue weighted by Crippen LogP contribution is -2.46. The lowest BCUT2D eigenvalue weighted by molar-refractivity contribution is 0.0952. The molecule has 0 atom stereocenters. The molecule has 0 spiro atoms. The first kappa shape index (κ1) is 18.8. The first-order valence-electron chi connectivity index (χ1n) is 8.78. The highest BCUT2D eigenvalue weighted by Crippen LogP contribution is 2.09. The van der Waals surface area contributed by atoms with Gasteiger partial charge in [-0.1, -0.05) is 13.3 Å². The summed E-state index contributed by atoms with van der Waals surface area (Å²) in [7, 11) is 0. The Morgan fingerprint density at radius 2 is 1.75 bits per heavy atom. The van der Waals surface area contributed by atoms with Crippen LogP contribution >= 0.6 is 0 Å². The second-order valence-electron chi connectivity index (χ2n) is 6.22. The van der Waals surface area contributed by atoms with E-state index in [1.807, 2.05) is 0 Å². The van der Waals surface area contributed by atoms with Gasteiger partial charge in [0.15, 0.2) is 11.6 Å². The summed E-state index contributed by atoms with van der Waals surface area (Å²) >= 11 is 0. The van der Waals surface area contributed by atoms with E-state index in [2.05, 4.69) is 22.0 Å². The predicted molar refractivity (Wildman–Crippen MR) is 91.1 cm³/mol. The molecule has 6 heteroatoms. The number of amides is 1. The predicted octanol–water partition coefficient (Wildman–Crippen LogP) is 2.50. The molecule has 1 N–H and O–H groups in total. The maximum atomic E-state index is 13.1. The van der Waals surface area contributed by atoms with E-state index in [0.29, 0.717) is 6.54 Å². The van der Waals surface area contributed by atoms with Crippen molar-refractivity contribution in [3.05, 3.63) is 35.4 Å². The van der Waals surface area contributed by atoms with Crippen LogP contribution in [0.2, 0.25) is 0 Å². The molecular formula is C18H27F2N3O. The molecule has 0 saturated carbocycles. The summed E-state index contributed by atoms with van der Waals surface area (Å²) in [6.45, 7) is 9.58. The maximum absolute atomic E-state index is 13.1. The smallest absolute Gasteiger partial charge is 0.251 e. The van der Waals surface area contributed by atoms with Gasteiger partial charge in [0.2, 0.25) is 0 Å². The van der Waals surface area contributed by atoms with Gasteiger partial charge < -0.3 is 15.1 Å². The van der Waals surface area contributed by atoms with Crippen molar-refractivity contribution in [2.75, 3.05) is 45.8 Å². The van der Waals surface area contributed by atoms with E-state index in [1.54, 1.807) is 0 Å². The third kappa shape index (κ3) is 5.83. The van der Waals surface area contributed by atoms with E-state index >= 15 is 0 Å². The highest BCUT2D eigenvalue weighted by atomic mass is 19.2. The number of unbranched alkanes of at least 4 members (excludes halogenated alkanes) is 2. The second-order valence-corrected chi connectivity index (χ2v) is 6.22. The number of benzene rings is 1. The van der Waals surface area contributed by atoms with Crippen molar-refractivity contribution in [3.63, 3.8) is 0 Å². The van der Waals surface area contributed by atoms with Gasteiger partial charge in [-0.25, -0.2) is 8.78 Å². The molecule has 1 amide bonds. The summed E-state index contributed by atoms with van der Waals surface area (Å²) in [6, 6.07) is 3.20. The van der Waals surface area contributed by atoms with Crippen LogP contribution in [0.1, 0.15) is 36.5 Å². The van der Waals surface area contributed by atoms with Crippen LogP contribution in [-0.2, 0) is 0 Å². The molecule has 2 rings (SSSR count). The van der Waals surface area contributed by atoms with Crippen LogP contribution in [0, 0.1) is 11.6 Å². The van der Waals surface area contributed by atoms with Gasteiger partial charge in [-0.15, -0.1) is 0 Å².